The van der Waals surface area contributed by atoms with Crippen LogP contribution in [0.4, 0.5) is 0 Å². The fourth-order valence-corrected chi connectivity index (χ4v) is 3.83. The summed E-state index contributed by atoms with van der Waals surface area (Å²) in [5.41, 5.74) is 5.19. The Kier molecular flexibility index (Phi) is 4.70. The Bertz CT molecular complexity index is 956. The summed E-state index contributed by atoms with van der Waals surface area (Å²) in [6, 6.07) is 10.5. The van der Waals surface area contributed by atoms with Crippen LogP contribution in [0.25, 0.3) is 22.0 Å². The molecule has 0 bridgehead atoms. The van der Waals surface area contributed by atoms with Crippen LogP contribution in [0.15, 0.2) is 42.9 Å². The maximum Gasteiger partial charge on any atom is 0.101 e. The Morgan fingerprint density at radius 3 is 3.08 bits per heavy atom. The highest BCUT2D eigenvalue weighted by molar-refractivity contribution is 5.88. The number of fused-ring (bicyclic) bond motifs is 1. The number of benzene rings is 1. The first kappa shape index (κ1) is 16.8. The molecule has 1 atom stereocenters. The molecule has 2 aromatic heterocycles. The molecule has 0 amide bonds. The lowest BCUT2D eigenvalue weighted by molar-refractivity contribution is 0.160. The average molecular weight is 346 g/mol. The Labute approximate surface area is 153 Å². The van der Waals surface area contributed by atoms with E-state index in [-0.39, 0.29) is 0 Å². The fraction of sp³-hybridized carbons (Fsp3) is 0.333. The van der Waals surface area contributed by atoms with E-state index < -0.39 is 0 Å². The molecule has 1 fully saturated rings. The number of likely N-dealkylation sites (tertiary alicyclic amines) is 1. The summed E-state index contributed by atoms with van der Waals surface area (Å²) in [4.78, 5) is 10.1. The van der Waals surface area contributed by atoms with Crippen molar-refractivity contribution in [3.63, 3.8) is 0 Å². The van der Waals surface area contributed by atoms with E-state index in [2.05, 4.69) is 45.3 Å². The Morgan fingerprint density at radius 1 is 1.31 bits per heavy atom. The van der Waals surface area contributed by atoms with Crippen LogP contribution in [0.5, 0.6) is 0 Å². The van der Waals surface area contributed by atoms with Crippen molar-refractivity contribution < 1.29 is 4.74 Å². The maximum absolute atomic E-state index is 9.11. The lowest BCUT2D eigenvalue weighted by atomic mass is 9.96. The highest BCUT2D eigenvalue weighted by Crippen LogP contribution is 2.34. The molecule has 0 radical (unpaired) electrons. The molecular formula is C21H22N4O. The van der Waals surface area contributed by atoms with Crippen molar-refractivity contribution in [3.8, 4) is 17.2 Å². The summed E-state index contributed by atoms with van der Waals surface area (Å²) in [6.45, 7) is 3.97. The van der Waals surface area contributed by atoms with Crippen LogP contribution < -0.4 is 0 Å². The van der Waals surface area contributed by atoms with Crippen LogP contribution >= 0.6 is 0 Å². The first-order chi connectivity index (χ1) is 12.8. The molecule has 132 valence electrons. The lowest BCUT2D eigenvalue weighted by Crippen LogP contribution is -2.24. The SMILES string of the molecule is COCCN1CCC(c2c[nH]c3ccc(-c4cncc(C#N)c4)cc23)C1. The monoisotopic (exact) mass is 346 g/mol. The number of hydrogen-bond donors (Lipinski definition) is 1. The van der Waals surface area contributed by atoms with E-state index in [0.717, 1.165) is 42.9 Å². The second-order valence-electron chi connectivity index (χ2n) is 6.86. The summed E-state index contributed by atoms with van der Waals surface area (Å²) in [5, 5.41) is 10.4. The standard InChI is InChI=1S/C21H22N4O/c1-26-7-6-25-5-4-17(14-25)20-13-24-21-3-2-16(9-19(20)21)18-8-15(10-22)11-23-12-18/h2-3,8-9,11-13,17,24H,4-7,14H2,1H3. The van der Waals surface area contributed by atoms with Gasteiger partial charge in [-0.05, 0) is 48.2 Å². The minimum atomic E-state index is 0.541. The summed E-state index contributed by atoms with van der Waals surface area (Å²) in [6.07, 6.45) is 6.74. The molecule has 1 saturated heterocycles. The van der Waals surface area contributed by atoms with Gasteiger partial charge in [0.05, 0.1) is 12.2 Å². The van der Waals surface area contributed by atoms with Crippen LogP contribution in [-0.2, 0) is 4.74 Å². The Morgan fingerprint density at radius 2 is 2.23 bits per heavy atom. The Balaban J connectivity index is 1.64. The smallest absolute Gasteiger partial charge is 0.101 e. The van der Waals surface area contributed by atoms with E-state index in [4.69, 9.17) is 10.00 Å². The van der Waals surface area contributed by atoms with Crippen molar-refractivity contribution in [2.45, 2.75) is 12.3 Å². The number of aromatic nitrogens is 2. The van der Waals surface area contributed by atoms with E-state index in [1.807, 2.05) is 12.3 Å². The largest absolute Gasteiger partial charge is 0.383 e. The van der Waals surface area contributed by atoms with Gasteiger partial charge in [0.2, 0.25) is 0 Å². The van der Waals surface area contributed by atoms with E-state index in [0.29, 0.717) is 11.5 Å². The van der Waals surface area contributed by atoms with Crippen molar-refractivity contribution in [2.24, 2.45) is 0 Å². The van der Waals surface area contributed by atoms with E-state index in [1.165, 1.54) is 17.4 Å². The molecule has 1 aromatic carbocycles. The number of rotatable bonds is 5. The second kappa shape index (κ2) is 7.28. The van der Waals surface area contributed by atoms with Gasteiger partial charge in [-0.25, -0.2) is 0 Å². The molecule has 1 N–H and O–H groups in total. The summed E-state index contributed by atoms with van der Waals surface area (Å²) in [7, 11) is 1.75. The van der Waals surface area contributed by atoms with E-state index in [9.17, 15) is 0 Å². The lowest BCUT2D eigenvalue weighted by Gasteiger charge is -2.15. The van der Waals surface area contributed by atoms with Crippen molar-refractivity contribution in [1.29, 1.82) is 5.26 Å². The number of hydrogen-bond acceptors (Lipinski definition) is 4. The number of ether oxygens (including phenoxy) is 1. The van der Waals surface area contributed by atoms with Crippen molar-refractivity contribution in [2.75, 3.05) is 33.4 Å². The van der Waals surface area contributed by atoms with Gasteiger partial charge in [-0.3, -0.25) is 4.98 Å². The highest BCUT2D eigenvalue weighted by atomic mass is 16.5. The van der Waals surface area contributed by atoms with E-state index >= 15 is 0 Å². The average Bonchev–Trinajstić information content (AvgIpc) is 3.32. The first-order valence-corrected chi connectivity index (χ1v) is 8.96. The van der Waals surface area contributed by atoms with Gasteiger partial charge < -0.3 is 14.6 Å². The van der Waals surface area contributed by atoms with Crippen molar-refractivity contribution in [3.05, 3.63) is 54.0 Å². The molecule has 3 heterocycles. The zero-order valence-electron chi connectivity index (χ0n) is 14.9. The topological polar surface area (TPSA) is 64.9 Å². The highest BCUT2D eigenvalue weighted by Gasteiger charge is 2.25. The number of nitriles is 1. The molecule has 5 heteroatoms. The van der Waals surface area contributed by atoms with Crippen LogP contribution in [0.2, 0.25) is 0 Å². The molecule has 4 rings (SSSR count). The van der Waals surface area contributed by atoms with Crippen molar-refractivity contribution in [1.82, 2.24) is 14.9 Å². The molecule has 0 saturated carbocycles. The quantitative estimate of drug-likeness (QED) is 0.767. The van der Waals surface area contributed by atoms with Crippen LogP contribution in [0.3, 0.4) is 0 Å². The first-order valence-electron chi connectivity index (χ1n) is 8.96. The van der Waals surface area contributed by atoms with Crippen LogP contribution in [0.1, 0.15) is 23.5 Å². The minimum absolute atomic E-state index is 0.541. The van der Waals surface area contributed by atoms with Gasteiger partial charge >= 0.3 is 0 Å². The molecule has 26 heavy (non-hydrogen) atoms. The number of methoxy groups -OCH3 is 1. The van der Waals surface area contributed by atoms with Gasteiger partial charge in [0, 0.05) is 55.3 Å². The normalized spacial score (nSPS) is 17.6. The number of nitrogens with zero attached hydrogens (tertiary/aromatic N) is 3. The number of nitrogens with one attached hydrogen (secondary N) is 1. The van der Waals surface area contributed by atoms with Crippen molar-refractivity contribution >= 4 is 10.9 Å². The number of H-pyrrole nitrogens is 1. The molecule has 1 aliphatic rings. The van der Waals surface area contributed by atoms with Gasteiger partial charge in [-0.15, -0.1) is 0 Å². The minimum Gasteiger partial charge on any atom is -0.383 e. The molecule has 1 unspecified atom stereocenters. The van der Waals surface area contributed by atoms with Gasteiger partial charge in [-0.2, -0.15) is 5.26 Å². The van der Waals surface area contributed by atoms with E-state index in [1.54, 1.807) is 13.3 Å². The predicted molar refractivity (Wildman–Crippen MR) is 102 cm³/mol. The Hall–Kier alpha value is -2.68. The molecule has 5 nitrogen and oxygen atoms in total. The molecule has 0 spiro atoms. The zero-order valence-corrected chi connectivity index (χ0v) is 14.9. The summed E-state index contributed by atoms with van der Waals surface area (Å²) in [5.74, 6) is 0.541. The third-order valence-corrected chi connectivity index (χ3v) is 5.24. The van der Waals surface area contributed by atoms with Gasteiger partial charge in [0.1, 0.15) is 6.07 Å². The molecule has 3 aromatic rings. The number of aromatic amines is 1. The zero-order chi connectivity index (χ0) is 17.9. The predicted octanol–water partition coefficient (Wildman–Crippen LogP) is 3.54. The number of pyridine rings is 1. The van der Waals surface area contributed by atoms with Crippen LogP contribution in [0, 0.1) is 11.3 Å². The third kappa shape index (κ3) is 3.22. The molecular weight excluding hydrogens is 324 g/mol. The third-order valence-electron chi connectivity index (χ3n) is 5.24. The fourth-order valence-electron chi connectivity index (χ4n) is 3.83. The summed E-state index contributed by atoms with van der Waals surface area (Å²) >= 11 is 0. The molecule has 1 aliphatic heterocycles. The van der Waals surface area contributed by atoms with Crippen LogP contribution in [-0.4, -0.2) is 48.2 Å². The van der Waals surface area contributed by atoms with Gasteiger partial charge in [-0.1, -0.05) is 6.07 Å². The maximum atomic E-state index is 9.11. The second-order valence-corrected chi connectivity index (χ2v) is 6.86. The molecule has 0 aliphatic carbocycles. The van der Waals surface area contributed by atoms with Gasteiger partial charge in [0.15, 0.2) is 0 Å². The van der Waals surface area contributed by atoms with Gasteiger partial charge in [0.25, 0.3) is 0 Å². The summed E-state index contributed by atoms with van der Waals surface area (Å²) < 4.78 is 5.21.